The minimum absolute atomic E-state index is 0. The van der Waals surface area contributed by atoms with E-state index in [2.05, 4.69) is 211 Å². The molecule has 10 rings (SSSR count). The Kier molecular flexibility index (Phi) is 27.6. The minimum atomic E-state index is -4.58. The summed E-state index contributed by atoms with van der Waals surface area (Å²) in [5.41, 5.74) is 20.1. The number of quaternary nitrogens is 3. The summed E-state index contributed by atoms with van der Waals surface area (Å²) in [6, 6.07) is 38.8. The number of nitrogens with zero attached hydrogens (tertiary/aromatic N) is 6. The average Bonchev–Trinajstić information content (AvgIpc) is 1.60. The number of rotatable bonds is 20. The van der Waals surface area contributed by atoms with Crippen molar-refractivity contribution in [2.75, 3.05) is 113 Å². The van der Waals surface area contributed by atoms with Crippen molar-refractivity contribution >= 4 is 79.4 Å². The molecular formula is C81H111Br2Cl2N8O3S+3. The van der Waals surface area contributed by atoms with Crippen LogP contribution in [-0.4, -0.2) is 156 Å². The summed E-state index contributed by atoms with van der Waals surface area (Å²) in [5.74, 6) is 0. The lowest BCUT2D eigenvalue weighted by atomic mass is 9.81. The first-order valence-electron chi connectivity index (χ1n) is 34.3. The molecule has 0 bridgehead atoms. The first-order valence-corrected chi connectivity index (χ1v) is 36.4. The smallest absolute Gasteiger partial charge is 0.209 e. The molecule has 2 aliphatic carbocycles. The van der Waals surface area contributed by atoms with E-state index >= 15 is 0 Å². The predicted molar refractivity (Wildman–Crippen MR) is 401 cm³/mol. The largest absolute Gasteiger partial charge is 1.00 e. The predicted octanol–water partition coefficient (Wildman–Crippen LogP) is 9.95. The molecule has 5 aliphatic rings. The van der Waals surface area contributed by atoms with Crippen LogP contribution in [-0.2, 0) is 26.4 Å². The zero-order chi connectivity index (χ0) is 69.5. The van der Waals surface area contributed by atoms with Crippen molar-refractivity contribution in [3.63, 3.8) is 0 Å². The maximum atomic E-state index is 12.0. The fourth-order valence-electron chi connectivity index (χ4n) is 13.7. The highest BCUT2D eigenvalue weighted by Crippen LogP contribution is 2.49. The van der Waals surface area contributed by atoms with Gasteiger partial charge in [0.05, 0.1) is 117 Å². The minimum Gasteiger partial charge on any atom is -1.00 e. The molecule has 0 radical (unpaired) electrons. The third kappa shape index (κ3) is 20.8. The maximum absolute atomic E-state index is 12.0. The molecule has 0 fully saturated rings. The van der Waals surface area contributed by atoms with Crippen LogP contribution in [0.3, 0.4) is 0 Å². The van der Waals surface area contributed by atoms with Gasteiger partial charge in [-0.3, -0.25) is 0 Å². The summed E-state index contributed by atoms with van der Waals surface area (Å²) < 4.78 is 43.7. The van der Waals surface area contributed by atoms with E-state index in [4.69, 9.17) is 23.2 Å². The van der Waals surface area contributed by atoms with E-state index in [-0.39, 0.29) is 49.7 Å². The van der Waals surface area contributed by atoms with Crippen LogP contribution in [0.5, 0.6) is 0 Å². The van der Waals surface area contributed by atoms with Gasteiger partial charge < -0.3 is 62.2 Å². The summed E-state index contributed by atoms with van der Waals surface area (Å²) >= 11 is 13.8. The van der Waals surface area contributed by atoms with Gasteiger partial charge in [-0.15, -0.1) is 0 Å². The molecule has 524 valence electrons. The van der Waals surface area contributed by atoms with Crippen LogP contribution in [0.25, 0.3) is 0 Å². The second-order valence-corrected chi connectivity index (χ2v) is 33.5. The van der Waals surface area contributed by atoms with Crippen molar-refractivity contribution in [1.29, 1.82) is 0 Å². The second kappa shape index (κ2) is 33.3. The Hall–Kier alpha value is -5.52. The third-order valence-corrected chi connectivity index (χ3v) is 21.2. The van der Waals surface area contributed by atoms with Crippen LogP contribution in [0.4, 0.5) is 28.4 Å². The molecular weight excluding hydrogens is 1400 g/mol. The quantitative estimate of drug-likeness (QED) is 0.0351. The normalized spacial score (nSPS) is 18.6. The highest BCUT2D eigenvalue weighted by Gasteiger charge is 2.46. The first-order chi connectivity index (χ1) is 44.5. The summed E-state index contributed by atoms with van der Waals surface area (Å²) in [4.78, 5) is 5.66. The number of fused-ring (bicyclic) bond motifs is 3. The summed E-state index contributed by atoms with van der Waals surface area (Å²) in [6.07, 6.45) is 22.2. The van der Waals surface area contributed by atoms with Crippen LogP contribution in [0.1, 0.15) is 134 Å². The van der Waals surface area contributed by atoms with Crippen LogP contribution in [0, 0.1) is 13.8 Å². The van der Waals surface area contributed by atoms with Crippen molar-refractivity contribution in [3.8, 4) is 0 Å². The summed E-state index contributed by atoms with van der Waals surface area (Å²) in [5, 5.41) is 4.98. The van der Waals surface area contributed by atoms with Crippen LogP contribution in [0.15, 0.2) is 189 Å². The zero-order valence-electron chi connectivity index (χ0n) is 61.4. The first kappa shape index (κ1) is 80.5. The Morgan fingerprint density at radius 1 is 0.577 bits per heavy atom. The Bertz CT molecular complexity index is 4030. The monoisotopic (exact) mass is 1500 g/mol. The van der Waals surface area contributed by atoms with Crippen LogP contribution >= 0.6 is 23.2 Å². The Labute approximate surface area is 615 Å². The van der Waals surface area contributed by atoms with Gasteiger partial charge in [-0.2, -0.15) is 9.15 Å². The van der Waals surface area contributed by atoms with Gasteiger partial charge in [0, 0.05) is 101 Å². The molecule has 0 saturated heterocycles. The number of benzene rings is 5. The molecule has 0 aromatic heterocycles. The number of nitrogens with one attached hydrogen (secondary N) is 2. The number of halogens is 4. The molecule has 0 unspecified atom stereocenters. The Morgan fingerprint density at radius 3 is 1.70 bits per heavy atom. The van der Waals surface area contributed by atoms with E-state index < -0.39 is 15.5 Å². The molecule has 97 heavy (non-hydrogen) atoms. The molecule has 3 aliphatic heterocycles. The van der Waals surface area contributed by atoms with Gasteiger partial charge in [0.1, 0.15) is 10.1 Å². The van der Waals surface area contributed by atoms with Crippen molar-refractivity contribution < 1.29 is 74.5 Å². The SMILES string of the molecule is CC1=[N+](CCC[N+](C)(C)C)c2ccc(C)cc2C1(C)C.Cc1ccc2c(c1)C(C)(C)C(=CC=C1CCCC(C=CC3=[N+](CCC[N+](C)(C)C)c4ccc(S(=O)(=O)[O-])cc4C3(C)C)=C1Cl)N2CCC[N+](C)(C)C.ClC1=C(C=[NH+]c2ccccc2)CCC/C1=C\Nc1ccccc1.[Br-].[Br-]. The van der Waals surface area contributed by atoms with Gasteiger partial charge in [0.15, 0.2) is 30.7 Å². The van der Waals surface area contributed by atoms with Gasteiger partial charge in [-0.05, 0) is 145 Å². The topological polar surface area (TPSA) is 92.5 Å². The number of hydrogen-bond acceptors (Lipinski definition) is 5. The molecule has 0 saturated carbocycles. The number of allylic oxidation sites excluding steroid dienone is 11. The van der Waals surface area contributed by atoms with E-state index in [0.29, 0.717) is 0 Å². The lowest BCUT2D eigenvalue weighted by molar-refractivity contribution is -0.871. The molecule has 5 aromatic rings. The van der Waals surface area contributed by atoms with Crippen LogP contribution < -0.4 is 49.2 Å². The van der Waals surface area contributed by atoms with Crippen molar-refractivity contribution in [2.24, 2.45) is 0 Å². The lowest BCUT2D eigenvalue weighted by Crippen LogP contribution is -3.00. The molecule has 0 atom stereocenters. The van der Waals surface area contributed by atoms with Crippen molar-refractivity contribution in [1.82, 2.24) is 0 Å². The van der Waals surface area contributed by atoms with Gasteiger partial charge >= 0.3 is 0 Å². The van der Waals surface area contributed by atoms with Crippen molar-refractivity contribution in [2.45, 2.75) is 141 Å². The van der Waals surface area contributed by atoms with Crippen LogP contribution in [0.2, 0.25) is 0 Å². The Balaban J connectivity index is 0.000000270. The molecule has 11 nitrogen and oxygen atoms in total. The molecule has 16 heteroatoms. The van der Waals surface area contributed by atoms with E-state index in [1.807, 2.05) is 73.1 Å². The van der Waals surface area contributed by atoms with Gasteiger partial charge in [-0.1, -0.05) is 115 Å². The highest BCUT2D eigenvalue weighted by atomic mass is 79.9. The second-order valence-electron chi connectivity index (χ2n) is 31.4. The lowest BCUT2D eigenvalue weighted by Gasteiger charge is -2.29. The molecule has 2 N–H and O–H groups in total. The fourth-order valence-corrected chi connectivity index (χ4v) is 14.8. The van der Waals surface area contributed by atoms with Gasteiger partial charge in [0.2, 0.25) is 17.1 Å². The van der Waals surface area contributed by atoms with Gasteiger partial charge in [-0.25, -0.2) is 13.4 Å². The van der Waals surface area contributed by atoms with E-state index in [1.165, 1.54) is 64.1 Å². The van der Waals surface area contributed by atoms with Gasteiger partial charge in [0.25, 0.3) is 0 Å². The summed E-state index contributed by atoms with van der Waals surface area (Å²) in [6.45, 7) is 26.4. The number of hydrogen-bond donors (Lipinski definition) is 2. The molecule has 0 spiro atoms. The number of anilines is 2. The Morgan fingerprint density at radius 2 is 1.09 bits per heavy atom. The molecule has 3 heterocycles. The maximum Gasteiger partial charge on any atom is 0.209 e. The fraction of sp³-hybridized carbons (Fsp3) is 0.444. The summed E-state index contributed by atoms with van der Waals surface area (Å²) in [7, 11) is 15.5. The number of aryl methyl sites for hydroxylation is 2. The number of para-hydroxylation sites is 2. The molecule has 5 aromatic carbocycles. The highest BCUT2D eigenvalue weighted by molar-refractivity contribution is 7.85. The van der Waals surface area contributed by atoms with Crippen molar-refractivity contribution in [3.05, 3.63) is 212 Å². The third-order valence-electron chi connectivity index (χ3n) is 19.4. The van der Waals surface area contributed by atoms with E-state index in [9.17, 15) is 13.0 Å². The van der Waals surface area contributed by atoms with E-state index in [1.54, 1.807) is 12.1 Å². The van der Waals surface area contributed by atoms with E-state index in [0.717, 1.165) is 158 Å². The standard InChI is InChI=1S/C43H61ClN4O3S.C20H19ClN2.C18H30N2.2BrH/c1-31-17-21-37-35(29-31)42(2,3)39(45(37)25-13-27-47(6,7)8)23-18-32-15-12-16-33(41(32)44)19-24-40-43(4,5)36-30-34(52(49,50)51)20-22-38(36)46(40)26-14-28-48(9,10)11;21-20-16(14-22-18-10-3-1-4-11-18)8-7-9-17(20)15-23-19-12-5-2-6-13-19;1-14-9-10-17-16(13-14)18(3,4)15(2)19(17)11-8-12-20(5,6)7;;/h17-24,29-30H,12-16,25-28H2,1-11H3;1-6,10-15,22H,7-9H2;9-10,13H,8,11-12H2,1-7H3;2*1H/q+2;;+2;;/p-1/b;16-14+,23-15?;;;. The zero-order valence-corrected chi connectivity index (χ0v) is 66.9. The average molecular weight is 1510 g/mol. The molecule has 0 amide bonds.